The van der Waals surface area contributed by atoms with E-state index < -0.39 is 23.6 Å². The van der Waals surface area contributed by atoms with Crippen molar-refractivity contribution in [3.63, 3.8) is 0 Å². The number of anilines is 1. The topological polar surface area (TPSA) is 75.7 Å². The van der Waals surface area contributed by atoms with Crippen LogP contribution in [0.3, 0.4) is 0 Å². The third kappa shape index (κ3) is 6.66. The van der Waals surface area contributed by atoms with Crippen LogP contribution in [0, 0.1) is 3.57 Å². The largest absolute Gasteiger partial charge is 0.488 e. The molecular formula is C25H17BrClIN2O4S. The van der Waals surface area contributed by atoms with E-state index in [1.165, 1.54) is 0 Å². The molecule has 0 atom stereocenters. The fourth-order valence-corrected chi connectivity index (χ4v) is 4.93. The van der Waals surface area contributed by atoms with Crippen LogP contribution >= 0.6 is 61.9 Å². The predicted molar refractivity (Wildman–Crippen MR) is 150 cm³/mol. The fourth-order valence-electron chi connectivity index (χ4n) is 3.18. The van der Waals surface area contributed by atoms with Gasteiger partial charge >= 0.3 is 0 Å². The molecule has 0 saturated carbocycles. The van der Waals surface area contributed by atoms with E-state index in [0.29, 0.717) is 28.6 Å². The number of hydrogen-bond donors (Lipinski definition) is 1. The molecule has 3 aromatic rings. The molecule has 1 aliphatic heterocycles. The van der Waals surface area contributed by atoms with Gasteiger partial charge in [-0.15, -0.1) is 0 Å². The Labute approximate surface area is 233 Å². The van der Waals surface area contributed by atoms with Gasteiger partial charge in [0.25, 0.3) is 11.1 Å². The highest BCUT2D eigenvalue weighted by atomic mass is 127. The second kappa shape index (κ2) is 11.6. The molecule has 1 fully saturated rings. The average molecular weight is 684 g/mol. The van der Waals surface area contributed by atoms with Crippen LogP contribution in [-0.4, -0.2) is 28.5 Å². The third-order valence-electron chi connectivity index (χ3n) is 4.89. The van der Waals surface area contributed by atoms with Crippen molar-refractivity contribution in [3.05, 3.63) is 95.8 Å². The molecule has 0 spiro atoms. The molecule has 0 unspecified atom stereocenters. The van der Waals surface area contributed by atoms with Crippen LogP contribution in [0.15, 0.2) is 76.1 Å². The van der Waals surface area contributed by atoms with Gasteiger partial charge in [0.2, 0.25) is 5.91 Å². The number of para-hydroxylation sites is 1. The minimum absolute atomic E-state index is 0.206. The molecule has 1 N–H and O–H groups in total. The minimum atomic E-state index is -0.544. The Kier molecular flexibility index (Phi) is 8.53. The van der Waals surface area contributed by atoms with Gasteiger partial charge in [0.05, 0.1) is 15.6 Å². The Hall–Kier alpha value is -2.34. The van der Waals surface area contributed by atoms with Gasteiger partial charge in [0.15, 0.2) is 0 Å². The summed E-state index contributed by atoms with van der Waals surface area (Å²) < 4.78 is 7.92. The molecule has 178 valence electrons. The lowest BCUT2D eigenvalue weighted by Crippen LogP contribution is -2.36. The molecule has 3 amide bonds. The molecular weight excluding hydrogens is 667 g/mol. The molecule has 3 aromatic carbocycles. The highest BCUT2D eigenvalue weighted by molar-refractivity contribution is 14.1. The molecule has 1 heterocycles. The normalized spacial score (nSPS) is 14.5. The van der Waals surface area contributed by atoms with Crippen molar-refractivity contribution in [2.75, 3.05) is 11.9 Å². The lowest BCUT2D eigenvalue weighted by atomic mass is 10.1. The number of carbonyl (C=O) groups is 3. The van der Waals surface area contributed by atoms with Gasteiger partial charge in [0.1, 0.15) is 18.9 Å². The van der Waals surface area contributed by atoms with E-state index in [-0.39, 0.29) is 4.91 Å². The van der Waals surface area contributed by atoms with Crippen LogP contribution in [0.5, 0.6) is 5.75 Å². The van der Waals surface area contributed by atoms with Gasteiger partial charge in [-0.2, -0.15) is 0 Å². The van der Waals surface area contributed by atoms with Gasteiger partial charge in [-0.1, -0.05) is 51.8 Å². The summed E-state index contributed by atoms with van der Waals surface area (Å²) in [6, 6.07) is 20.1. The summed E-state index contributed by atoms with van der Waals surface area (Å²) >= 11 is 12.5. The number of ether oxygens (including phenoxy) is 1. The number of imide groups is 1. The van der Waals surface area contributed by atoms with Crippen LogP contribution in [0.25, 0.3) is 6.08 Å². The lowest BCUT2D eigenvalue weighted by molar-refractivity contribution is -0.127. The summed E-state index contributed by atoms with van der Waals surface area (Å²) in [6.45, 7) is -0.0645. The second-order valence-corrected chi connectivity index (χ2v) is 11.0. The van der Waals surface area contributed by atoms with E-state index in [4.69, 9.17) is 16.3 Å². The van der Waals surface area contributed by atoms with Crippen molar-refractivity contribution in [1.82, 2.24) is 4.90 Å². The van der Waals surface area contributed by atoms with Crippen LogP contribution in [0.4, 0.5) is 10.5 Å². The maximum absolute atomic E-state index is 12.9. The van der Waals surface area contributed by atoms with Crippen LogP contribution in [0.1, 0.15) is 11.1 Å². The first-order valence-corrected chi connectivity index (χ1v) is 13.3. The van der Waals surface area contributed by atoms with Gasteiger partial charge in [-0.3, -0.25) is 19.3 Å². The Morgan fingerprint density at radius 2 is 1.86 bits per heavy atom. The fraction of sp³-hybridized carbons (Fsp3) is 0.0800. The summed E-state index contributed by atoms with van der Waals surface area (Å²) in [5.41, 5.74) is 2.05. The number of nitrogens with one attached hydrogen (secondary N) is 1. The smallest absolute Gasteiger partial charge is 0.294 e. The zero-order valence-electron chi connectivity index (χ0n) is 18.0. The summed E-state index contributed by atoms with van der Waals surface area (Å²) in [7, 11) is 0. The molecule has 0 aromatic heterocycles. The van der Waals surface area contributed by atoms with Gasteiger partial charge in [-0.05, 0) is 88.5 Å². The predicted octanol–water partition coefficient (Wildman–Crippen LogP) is 6.96. The van der Waals surface area contributed by atoms with Gasteiger partial charge in [0, 0.05) is 13.6 Å². The third-order valence-corrected chi connectivity index (χ3v) is 7.34. The summed E-state index contributed by atoms with van der Waals surface area (Å²) in [6.07, 6.45) is 1.60. The molecule has 0 aliphatic carbocycles. The molecule has 4 rings (SSSR count). The number of hydrogen-bond acceptors (Lipinski definition) is 5. The quantitative estimate of drug-likeness (QED) is 0.215. The highest BCUT2D eigenvalue weighted by Crippen LogP contribution is 2.35. The van der Waals surface area contributed by atoms with E-state index in [2.05, 4.69) is 43.8 Å². The molecule has 1 saturated heterocycles. The lowest BCUT2D eigenvalue weighted by Gasteiger charge is -2.13. The Balaban J connectivity index is 1.48. The summed E-state index contributed by atoms with van der Waals surface area (Å²) in [4.78, 5) is 39.0. The average Bonchev–Trinajstić information content (AvgIpc) is 3.08. The van der Waals surface area contributed by atoms with Crippen LogP contribution in [0.2, 0.25) is 5.02 Å². The van der Waals surface area contributed by atoms with Crippen molar-refractivity contribution in [3.8, 4) is 5.75 Å². The number of amides is 3. The minimum Gasteiger partial charge on any atom is -0.488 e. The molecule has 1 aliphatic rings. The van der Waals surface area contributed by atoms with E-state index in [1.54, 1.807) is 42.5 Å². The number of nitrogens with zero attached hydrogens (tertiary/aromatic N) is 1. The number of rotatable bonds is 7. The first-order valence-electron chi connectivity index (χ1n) is 10.3. The number of benzene rings is 3. The standard InChI is InChI=1S/C25H17BrClIN2O4S/c26-17-7-10-21(34-14-15-5-8-18(28)9-6-15)16(11-17)12-22-24(32)30(25(33)35-22)13-23(31)29-20-4-2-1-3-19(20)27/h1-12H,13-14H2,(H,29,31)/b22-12+. The molecule has 10 heteroatoms. The van der Waals surface area contributed by atoms with Crippen molar-refractivity contribution >= 4 is 90.7 Å². The number of halogens is 3. The van der Waals surface area contributed by atoms with Gasteiger partial charge in [-0.25, -0.2) is 0 Å². The summed E-state index contributed by atoms with van der Waals surface area (Å²) in [5.74, 6) is -0.501. The molecule has 6 nitrogen and oxygen atoms in total. The van der Waals surface area contributed by atoms with E-state index >= 15 is 0 Å². The Bertz CT molecular complexity index is 1330. The van der Waals surface area contributed by atoms with E-state index in [0.717, 1.165) is 30.3 Å². The molecule has 35 heavy (non-hydrogen) atoms. The van der Waals surface area contributed by atoms with Crippen molar-refractivity contribution in [2.24, 2.45) is 0 Å². The monoisotopic (exact) mass is 682 g/mol. The van der Waals surface area contributed by atoms with Gasteiger partial charge < -0.3 is 10.1 Å². The summed E-state index contributed by atoms with van der Waals surface area (Å²) in [5, 5.41) is 2.46. The first-order chi connectivity index (χ1) is 16.8. The van der Waals surface area contributed by atoms with E-state index in [1.807, 2.05) is 30.3 Å². The van der Waals surface area contributed by atoms with Crippen LogP contribution < -0.4 is 10.1 Å². The SMILES string of the molecule is O=C(CN1C(=O)S/C(=C/c2cc(Br)ccc2OCc2ccc(I)cc2)C1=O)Nc1ccccc1Cl. The number of thioether (sulfide) groups is 1. The Morgan fingerprint density at radius 3 is 2.60 bits per heavy atom. The van der Waals surface area contributed by atoms with E-state index in [9.17, 15) is 14.4 Å². The van der Waals surface area contributed by atoms with Crippen LogP contribution in [-0.2, 0) is 16.2 Å². The zero-order valence-corrected chi connectivity index (χ0v) is 23.3. The maximum atomic E-state index is 12.9. The molecule has 0 radical (unpaired) electrons. The van der Waals surface area contributed by atoms with Crippen molar-refractivity contribution in [1.29, 1.82) is 0 Å². The second-order valence-electron chi connectivity index (χ2n) is 7.39. The first kappa shape index (κ1) is 25.7. The molecule has 0 bridgehead atoms. The van der Waals surface area contributed by atoms with Crippen molar-refractivity contribution in [2.45, 2.75) is 6.61 Å². The zero-order chi connectivity index (χ0) is 24.9. The Morgan fingerprint density at radius 1 is 1.11 bits per heavy atom. The maximum Gasteiger partial charge on any atom is 0.294 e. The van der Waals surface area contributed by atoms with Crippen molar-refractivity contribution < 1.29 is 19.1 Å². The highest BCUT2D eigenvalue weighted by Gasteiger charge is 2.36. The number of carbonyl (C=O) groups excluding carboxylic acids is 3.